The standard InChI is InChI=1S/C11H17N3O3/c1-7(15)9-6-14(13-12-9)8-4-11(2,5-8)10(16)17-3/h6-8,15H,4-5H2,1-3H3/t7-,8?,11?/m0/s1. The number of methoxy groups -OCH3 is 1. The van der Waals surface area contributed by atoms with Crippen LogP contribution < -0.4 is 0 Å². The second-order valence-electron chi connectivity index (χ2n) is 4.91. The molecule has 17 heavy (non-hydrogen) atoms. The minimum absolute atomic E-state index is 0.166. The van der Waals surface area contributed by atoms with Crippen LogP contribution in [0.3, 0.4) is 0 Å². The fourth-order valence-corrected chi connectivity index (χ4v) is 2.24. The lowest BCUT2D eigenvalue weighted by atomic mass is 9.67. The topological polar surface area (TPSA) is 77.2 Å². The maximum Gasteiger partial charge on any atom is 0.311 e. The highest BCUT2D eigenvalue weighted by atomic mass is 16.5. The largest absolute Gasteiger partial charge is 0.469 e. The number of ether oxygens (including phenoxy) is 1. The van der Waals surface area contributed by atoms with E-state index in [1.807, 2.05) is 6.92 Å². The molecule has 6 heteroatoms. The van der Waals surface area contributed by atoms with Crippen molar-refractivity contribution >= 4 is 5.97 Å². The molecule has 0 aromatic carbocycles. The smallest absolute Gasteiger partial charge is 0.311 e. The van der Waals surface area contributed by atoms with Gasteiger partial charge in [0.25, 0.3) is 0 Å². The van der Waals surface area contributed by atoms with Gasteiger partial charge in [0.05, 0.1) is 30.9 Å². The van der Waals surface area contributed by atoms with E-state index in [2.05, 4.69) is 10.3 Å². The average Bonchev–Trinajstić information content (AvgIpc) is 2.72. The van der Waals surface area contributed by atoms with E-state index in [0.717, 1.165) is 0 Å². The summed E-state index contributed by atoms with van der Waals surface area (Å²) in [6.07, 6.45) is 2.51. The van der Waals surface area contributed by atoms with Crippen molar-refractivity contribution in [3.63, 3.8) is 0 Å². The number of carbonyl (C=O) groups excluding carboxylic acids is 1. The number of hydrogen-bond acceptors (Lipinski definition) is 5. The van der Waals surface area contributed by atoms with Crippen LogP contribution in [0, 0.1) is 5.41 Å². The van der Waals surface area contributed by atoms with Crippen molar-refractivity contribution in [1.82, 2.24) is 15.0 Å². The van der Waals surface area contributed by atoms with E-state index in [0.29, 0.717) is 18.5 Å². The molecule has 1 aliphatic rings. The molecular formula is C11H17N3O3. The SMILES string of the molecule is COC(=O)C1(C)CC(n2cc([C@H](C)O)nn2)C1. The number of aliphatic hydroxyl groups excluding tert-OH is 1. The normalized spacial score (nSPS) is 29.5. The molecule has 1 heterocycles. The van der Waals surface area contributed by atoms with E-state index >= 15 is 0 Å². The highest BCUT2D eigenvalue weighted by Gasteiger charge is 2.48. The molecule has 1 aromatic rings. The number of hydrogen-bond donors (Lipinski definition) is 1. The van der Waals surface area contributed by atoms with Gasteiger partial charge in [0, 0.05) is 0 Å². The molecule has 0 saturated heterocycles. The van der Waals surface area contributed by atoms with Gasteiger partial charge in [-0.25, -0.2) is 4.68 Å². The van der Waals surface area contributed by atoms with Gasteiger partial charge in [-0.15, -0.1) is 5.10 Å². The van der Waals surface area contributed by atoms with Crippen LogP contribution in [-0.2, 0) is 9.53 Å². The molecule has 0 unspecified atom stereocenters. The van der Waals surface area contributed by atoms with Gasteiger partial charge >= 0.3 is 5.97 Å². The third-order valence-corrected chi connectivity index (χ3v) is 3.38. The van der Waals surface area contributed by atoms with Gasteiger partial charge in [-0.2, -0.15) is 0 Å². The van der Waals surface area contributed by atoms with Crippen molar-refractivity contribution in [2.75, 3.05) is 7.11 Å². The van der Waals surface area contributed by atoms with Crippen LogP contribution in [0.4, 0.5) is 0 Å². The van der Waals surface area contributed by atoms with E-state index in [9.17, 15) is 9.90 Å². The first kappa shape index (κ1) is 12.0. The highest BCUT2D eigenvalue weighted by molar-refractivity contribution is 5.77. The Morgan fingerprint density at radius 1 is 1.71 bits per heavy atom. The Labute approximate surface area is 99.6 Å². The molecule has 2 rings (SSSR count). The molecule has 0 spiro atoms. The van der Waals surface area contributed by atoms with Crippen molar-refractivity contribution in [2.24, 2.45) is 5.41 Å². The van der Waals surface area contributed by atoms with Crippen molar-refractivity contribution in [3.05, 3.63) is 11.9 Å². The van der Waals surface area contributed by atoms with Gasteiger partial charge in [-0.05, 0) is 26.7 Å². The van der Waals surface area contributed by atoms with E-state index in [1.165, 1.54) is 7.11 Å². The maximum atomic E-state index is 11.5. The van der Waals surface area contributed by atoms with Crippen LogP contribution in [-0.4, -0.2) is 33.2 Å². The van der Waals surface area contributed by atoms with Crippen molar-refractivity contribution in [1.29, 1.82) is 0 Å². The van der Waals surface area contributed by atoms with Crippen molar-refractivity contribution in [2.45, 2.75) is 38.8 Å². The third-order valence-electron chi connectivity index (χ3n) is 3.38. The van der Waals surface area contributed by atoms with Gasteiger partial charge in [0.15, 0.2) is 0 Å². The molecule has 1 aliphatic carbocycles. The summed E-state index contributed by atoms with van der Waals surface area (Å²) in [5, 5.41) is 17.2. The Hall–Kier alpha value is -1.43. The molecule has 1 fully saturated rings. The molecule has 0 amide bonds. The lowest BCUT2D eigenvalue weighted by Crippen LogP contribution is -2.43. The number of carbonyl (C=O) groups is 1. The average molecular weight is 239 g/mol. The zero-order valence-electron chi connectivity index (χ0n) is 10.3. The molecule has 0 bridgehead atoms. The fourth-order valence-electron chi connectivity index (χ4n) is 2.24. The summed E-state index contributed by atoms with van der Waals surface area (Å²) < 4.78 is 6.48. The first-order valence-corrected chi connectivity index (χ1v) is 5.64. The fraction of sp³-hybridized carbons (Fsp3) is 0.727. The van der Waals surface area contributed by atoms with E-state index in [-0.39, 0.29) is 12.0 Å². The zero-order valence-corrected chi connectivity index (χ0v) is 10.3. The summed E-state index contributed by atoms with van der Waals surface area (Å²) in [4.78, 5) is 11.5. The summed E-state index contributed by atoms with van der Waals surface area (Å²) in [6, 6.07) is 0.166. The van der Waals surface area contributed by atoms with Crippen LogP contribution >= 0.6 is 0 Å². The van der Waals surface area contributed by atoms with E-state index in [1.54, 1.807) is 17.8 Å². The van der Waals surface area contributed by atoms with Gasteiger partial charge in [-0.3, -0.25) is 4.79 Å². The minimum atomic E-state index is -0.615. The Balaban J connectivity index is 2.01. The van der Waals surface area contributed by atoms with E-state index in [4.69, 9.17) is 4.74 Å². The monoisotopic (exact) mass is 239 g/mol. The van der Waals surface area contributed by atoms with Gasteiger partial charge in [0.1, 0.15) is 5.69 Å². The predicted molar refractivity (Wildman–Crippen MR) is 59.0 cm³/mol. The van der Waals surface area contributed by atoms with Crippen LogP contribution in [0.15, 0.2) is 6.20 Å². The predicted octanol–water partition coefficient (Wildman–Crippen LogP) is 0.846. The van der Waals surface area contributed by atoms with Crippen LogP contribution in [0.25, 0.3) is 0 Å². The van der Waals surface area contributed by atoms with Crippen LogP contribution in [0.5, 0.6) is 0 Å². The summed E-state index contributed by atoms with van der Waals surface area (Å²) >= 11 is 0. The molecule has 1 aromatic heterocycles. The molecule has 94 valence electrons. The number of aromatic nitrogens is 3. The number of nitrogens with zero attached hydrogens (tertiary/aromatic N) is 3. The lowest BCUT2D eigenvalue weighted by molar-refractivity contribution is -0.159. The Kier molecular flexibility index (Phi) is 2.91. The highest BCUT2D eigenvalue weighted by Crippen LogP contribution is 2.48. The molecule has 1 atom stereocenters. The molecule has 0 aliphatic heterocycles. The molecular weight excluding hydrogens is 222 g/mol. The van der Waals surface area contributed by atoms with Gasteiger partial charge in [0.2, 0.25) is 0 Å². The van der Waals surface area contributed by atoms with E-state index < -0.39 is 11.5 Å². The molecule has 1 N–H and O–H groups in total. The third kappa shape index (κ3) is 2.04. The number of esters is 1. The number of aliphatic hydroxyl groups is 1. The second-order valence-corrected chi connectivity index (χ2v) is 4.91. The Morgan fingerprint density at radius 2 is 2.35 bits per heavy atom. The number of rotatable bonds is 3. The summed E-state index contributed by atoms with van der Waals surface area (Å²) in [7, 11) is 1.40. The lowest BCUT2D eigenvalue weighted by Gasteiger charge is -2.42. The Morgan fingerprint density at radius 3 is 2.82 bits per heavy atom. The first-order chi connectivity index (χ1) is 7.96. The molecule has 6 nitrogen and oxygen atoms in total. The van der Waals surface area contributed by atoms with Gasteiger partial charge < -0.3 is 9.84 Å². The van der Waals surface area contributed by atoms with Crippen LogP contribution in [0.2, 0.25) is 0 Å². The molecule has 1 saturated carbocycles. The summed E-state index contributed by atoms with van der Waals surface area (Å²) in [5.74, 6) is -0.176. The second kappa shape index (κ2) is 4.10. The summed E-state index contributed by atoms with van der Waals surface area (Å²) in [5.41, 5.74) is 0.146. The minimum Gasteiger partial charge on any atom is -0.469 e. The summed E-state index contributed by atoms with van der Waals surface area (Å²) in [6.45, 7) is 3.54. The van der Waals surface area contributed by atoms with Gasteiger partial charge in [-0.1, -0.05) is 5.21 Å². The maximum absolute atomic E-state index is 11.5. The van der Waals surface area contributed by atoms with Crippen molar-refractivity contribution in [3.8, 4) is 0 Å². The first-order valence-electron chi connectivity index (χ1n) is 5.64. The quantitative estimate of drug-likeness (QED) is 0.791. The Bertz CT molecular complexity index is 421. The zero-order chi connectivity index (χ0) is 12.6. The molecule has 0 radical (unpaired) electrons. The van der Waals surface area contributed by atoms with Crippen LogP contribution in [0.1, 0.15) is 44.5 Å². The van der Waals surface area contributed by atoms with Crippen molar-refractivity contribution < 1.29 is 14.6 Å².